The van der Waals surface area contributed by atoms with Gasteiger partial charge in [-0.25, -0.2) is 0 Å². The second-order valence-corrected chi connectivity index (χ2v) is 9.54. The summed E-state index contributed by atoms with van der Waals surface area (Å²) in [7, 11) is -2.76. The summed E-state index contributed by atoms with van der Waals surface area (Å²) in [5.41, 5.74) is 0. The molecule has 0 radical (unpaired) electrons. The molecule has 0 saturated heterocycles. The molecule has 0 heterocycles. The summed E-state index contributed by atoms with van der Waals surface area (Å²) in [5, 5.41) is 33.5. The molecule has 0 fully saturated rings. The van der Waals surface area contributed by atoms with Gasteiger partial charge in [-0.1, -0.05) is 61.1 Å². The first-order valence-corrected chi connectivity index (χ1v) is 9.90. The minimum atomic E-state index is -2.76. The summed E-state index contributed by atoms with van der Waals surface area (Å²) in [6, 6.07) is 21.4. The van der Waals surface area contributed by atoms with Crippen LogP contribution in [0.3, 0.4) is 0 Å². The van der Waals surface area contributed by atoms with Gasteiger partial charge in [0, 0.05) is 0 Å². The third kappa shape index (κ3) is 2.47. The lowest BCUT2D eigenvalue weighted by atomic mass is 10.3. The van der Waals surface area contributed by atoms with E-state index in [1.54, 1.807) is 36.4 Å². The van der Waals surface area contributed by atoms with Crippen molar-refractivity contribution in [3.8, 4) is 17.2 Å². The van der Waals surface area contributed by atoms with Gasteiger partial charge in [0.1, 0.15) is 17.2 Å². The van der Waals surface area contributed by atoms with E-state index in [9.17, 15) is 15.3 Å². The molecule has 4 heteroatoms. The topological polar surface area (TPSA) is 60.7 Å². The fourth-order valence-electron chi connectivity index (χ4n) is 3.12. The number of phenolic OH excluding ortho intramolecular Hbond substituents is 3. The first kappa shape index (κ1) is 15.2. The van der Waals surface area contributed by atoms with Crippen molar-refractivity contribution in [1.82, 2.24) is 0 Å². The lowest BCUT2D eigenvalue weighted by Gasteiger charge is -2.30. The maximum absolute atomic E-state index is 10.4. The van der Waals surface area contributed by atoms with E-state index >= 15 is 0 Å². The van der Waals surface area contributed by atoms with Crippen LogP contribution in [0.1, 0.15) is 0 Å². The zero-order chi connectivity index (χ0) is 16.4. The van der Waals surface area contributed by atoms with Crippen LogP contribution in [0.4, 0.5) is 0 Å². The Kier molecular flexibility index (Phi) is 3.84. The highest BCUT2D eigenvalue weighted by atomic mass is 28.3. The molecule has 3 nitrogen and oxygen atoms in total. The van der Waals surface area contributed by atoms with E-state index in [1.165, 1.54) is 0 Å². The van der Waals surface area contributed by atoms with E-state index < -0.39 is 8.07 Å². The van der Waals surface area contributed by atoms with Crippen LogP contribution in [0.25, 0.3) is 0 Å². The largest absolute Gasteiger partial charge is 0.508 e. The van der Waals surface area contributed by atoms with E-state index in [0.717, 1.165) is 15.6 Å². The number of para-hydroxylation sites is 3. The van der Waals surface area contributed by atoms with Crippen LogP contribution in [0.5, 0.6) is 17.2 Å². The fraction of sp³-hybridized carbons (Fsp3) is 0.0526. The molecule has 0 saturated carbocycles. The fourth-order valence-corrected chi connectivity index (χ4v) is 7.07. The third-order valence-corrected chi connectivity index (χ3v) is 8.83. The van der Waals surface area contributed by atoms with Crippen molar-refractivity contribution in [3.05, 3.63) is 72.8 Å². The molecule has 0 spiro atoms. The van der Waals surface area contributed by atoms with Crippen molar-refractivity contribution in [2.45, 2.75) is 6.55 Å². The Hall–Kier alpha value is -2.72. The molecule has 0 bridgehead atoms. The van der Waals surface area contributed by atoms with Crippen molar-refractivity contribution in [1.29, 1.82) is 0 Å². The molecule has 3 N–H and O–H groups in total. The minimum Gasteiger partial charge on any atom is -0.508 e. The van der Waals surface area contributed by atoms with Crippen LogP contribution in [-0.4, -0.2) is 23.4 Å². The maximum atomic E-state index is 10.4. The first-order valence-electron chi connectivity index (χ1n) is 7.40. The Morgan fingerprint density at radius 3 is 1.04 bits per heavy atom. The van der Waals surface area contributed by atoms with Gasteiger partial charge in [0.25, 0.3) is 0 Å². The maximum Gasteiger partial charge on any atom is 0.159 e. The van der Waals surface area contributed by atoms with Gasteiger partial charge in [-0.2, -0.15) is 0 Å². The number of hydrogen-bond donors (Lipinski definition) is 3. The van der Waals surface area contributed by atoms with Gasteiger partial charge in [0.15, 0.2) is 8.07 Å². The first-order chi connectivity index (χ1) is 11.0. The normalized spacial score (nSPS) is 11.3. The molecule has 3 aromatic carbocycles. The summed E-state index contributed by atoms with van der Waals surface area (Å²) in [6.45, 7) is 2.02. The van der Waals surface area contributed by atoms with Crippen molar-refractivity contribution in [2.75, 3.05) is 0 Å². The molecule has 0 aliphatic heterocycles. The summed E-state index contributed by atoms with van der Waals surface area (Å²) in [6.07, 6.45) is 0. The number of hydrogen-bond acceptors (Lipinski definition) is 3. The number of benzene rings is 3. The van der Waals surface area contributed by atoms with Gasteiger partial charge in [-0.05, 0) is 33.8 Å². The molecule has 0 aliphatic rings. The Balaban J connectivity index is 2.38. The predicted molar refractivity (Wildman–Crippen MR) is 94.8 cm³/mol. The van der Waals surface area contributed by atoms with Gasteiger partial charge in [-0.15, -0.1) is 0 Å². The predicted octanol–water partition coefficient (Wildman–Crippen LogP) is 1.90. The molecule has 0 unspecified atom stereocenters. The van der Waals surface area contributed by atoms with Gasteiger partial charge in [0.2, 0.25) is 0 Å². The van der Waals surface area contributed by atoms with E-state index in [-0.39, 0.29) is 17.2 Å². The zero-order valence-corrected chi connectivity index (χ0v) is 13.8. The monoisotopic (exact) mass is 322 g/mol. The Morgan fingerprint density at radius 1 is 0.522 bits per heavy atom. The molecule has 0 aromatic heterocycles. The summed E-state index contributed by atoms with van der Waals surface area (Å²) >= 11 is 0. The standard InChI is InChI=1S/C19H18O3Si/c1-23(17-11-5-2-8-14(17)20,18-12-6-3-9-15(18)21)19-13-7-4-10-16(19)22/h2-13,20-22H,1H3. The zero-order valence-electron chi connectivity index (χ0n) is 12.8. The van der Waals surface area contributed by atoms with Crippen LogP contribution >= 0.6 is 0 Å². The van der Waals surface area contributed by atoms with Crippen molar-refractivity contribution >= 4 is 23.6 Å². The molecular weight excluding hydrogens is 304 g/mol. The van der Waals surface area contributed by atoms with Crippen LogP contribution < -0.4 is 15.6 Å². The van der Waals surface area contributed by atoms with Crippen molar-refractivity contribution in [2.24, 2.45) is 0 Å². The van der Waals surface area contributed by atoms with Gasteiger partial charge in [-0.3, -0.25) is 0 Å². The number of phenols is 3. The van der Waals surface area contributed by atoms with Crippen LogP contribution in [0, 0.1) is 0 Å². The van der Waals surface area contributed by atoms with Crippen LogP contribution in [0.15, 0.2) is 72.8 Å². The van der Waals surface area contributed by atoms with E-state index in [0.29, 0.717) is 0 Å². The van der Waals surface area contributed by atoms with Gasteiger partial charge in [0.05, 0.1) is 0 Å². The highest BCUT2D eigenvalue weighted by Gasteiger charge is 2.40. The van der Waals surface area contributed by atoms with E-state index in [1.807, 2.05) is 42.9 Å². The van der Waals surface area contributed by atoms with E-state index in [2.05, 4.69) is 0 Å². The number of aromatic hydroxyl groups is 3. The highest BCUT2D eigenvalue weighted by molar-refractivity contribution is 7.11. The molecule has 3 rings (SSSR count). The Labute approximate surface area is 136 Å². The average Bonchev–Trinajstić information content (AvgIpc) is 2.55. The summed E-state index contributed by atoms with van der Waals surface area (Å²) < 4.78 is 0. The van der Waals surface area contributed by atoms with Crippen LogP contribution in [0.2, 0.25) is 6.55 Å². The molecule has 0 atom stereocenters. The smallest absolute Gasteiger partial charge is 0.159 e. The number of rotatable bonds is 3. The lowest BCUT2D eigenvalue weighted by molar-refractivity contribution is 0.477. The Morgan fingerprint density at radius 2 is 0.783 bits per heavy atom. The van der Waals surface area contributed by atoms with Gasteiger partial charge >= 0.3 is 0 Å². The molecule has 0 aliphatic carbocycles. The molecule has 23 heavy (non-hydrogen) atoms. The molecule has 116 valence electrons. The summed E-state index contributed by atoms with van der Waals surface area (Å²) in [4.78, 5) is 0. The molecular formula is C19H18O3Si. The van der Waals surface area contributed by atoms with Crippen LogP contribution in [-0.2, 0) is 0 Å². The Bertz CT molecular complexity index is 734. The molecule has 0 amide bonds. The lowest BCUT2D eigenvalue weighted by Crippen LogP contribution is -2.64. The van der Waals surface area contributed by atoms with Crippen molar-refractivity contribution in [3.63, 3.8) is 0 Å². The van der Waals surface area contributed by atoms with E-state index in [4.69, 9.17) is 0 Å². The summed E-state index contributed by atoms with van der Waals surface area (Å²) in [5.74, 6) is 0.523. The minimum absolute atomic E-state index is 0.174. The third-order valence-electron chi connectivity index (χ3n) is 4.33. The second kappa shape index (κ2) is 5.82. The second-order valence-electron chi connectivity index (χ2n) is 5.68. The van der Waals surface area contributed by atoms with Gasteiger partial charge < -0.3 is 15.3 Å². The average molecular weight is 322 g/mol. The quantitative estimate of drug-likeness (QED) is 0.510. The molecule has 3 aromatic rings. The van der Waals surface area contributed by atoms with Crippen molar-refractivity contribution < 1.29 is 15.3 Å². The highest BCUT2D eigenvalue weighted by Crippen LogP contribution is 2.21. The SMILES string of the molecule is C[Si](c1ccccc1O)(c1ccccc1O)c1ccccc1O.